The van der Waals surface area contributed by atoms with Crippen molar-refractivity contribution >= 4 is 6.29 Å². The summed E-state index contributed by atoms with van der Waals surface area (Å²) in [6.07, 6.45) is 7.00. The summed E-state index contributed by atoms with van der Waals surface area (Å²) >= 11 is 0. The van der Waals surface area contributed by atoms with Crippen LogP contribution in [0.4, 0.5) is 0 Å². The molecule has 0 atom stereocenters. The van der Waals surface area contributed by atoms with Crippen LogP contribution in [0.25, 0.3) is 0 Å². The molecular formula is C16H24O3. The molecule has 3 nitrogen and oxygen atoms in total. The van der Waals surface area contributed by atoms with Crippen molar-refractivity contribution in [2.75, 3.05) is 13.7 Å². The van der Waals surface area contributed by atoms with E-state index in [1.807, 2.05) is 12.1 Å². The molecule has 0 bridgehead atoms. The summed E-state index contributed by atoms with van der Waals surface area (Å²) in [5, 5.41) is 0. The molecule has 0 saturated heterocycles. The van der Waals surface area contributed by atoms with Gasteiger partial charge in [-0.05, 0) is 24.6 Å². The van der Waals surface area contributed by atoms with E-state index in [0.29, 0.717) is 12.2 Å². The maximum Gasteiger partial charge on any atom is 0.150 e. The average Bonchev–Trinajstić information content (AvgIpc) is 2.46. The van der Waals surface area contributed by atoms with Gasteiger partial charge in [0.1, 0.15) is 12.0 Å². The minimum absolute atomic E-state index is 0.499. The monoisotopic (exact) mass is 264 g/mol. The van der Waals surface area contributed by atoms with Gasteiger partial charge < -0.3 is 9.47 Å². The number of carbonyl (C=O) groups excluding carboxylic acids is 1. The molecule has 19 heavy (non-hydrogen) atoms. The van der Waals surface area contributed by atoms with Crippen LogP contribution >= 0.6 is 0 Å². The fourth-order valence-electron chi connectivity index (χ4n) is 1.97. The van der Waals surface area contributed by atoms with E-state index in [4.69, 9.17) is 9.47 Å². The van der Waals surface area contributed by atoms with Crippen molar-refractivity contribution in [2.45, 2.75) is 45.6 Å². The molecule has 0 radical (unpaired) electrons. The minimum atomic E-state index is 0.499. The molecular weight excluding hydrogens is 240 g/mol. The van der Waals surface area contributed by atoms with Crippen molar-refractivity contribution in [3.63, 3.8) is 0 Å². The van der Waals surface area contributed by atoms with Crippen molar-refractivity contribution in [1.82, 2.24) is 0 Å². The Kier molecular flexibility index (Phi) is 7.91. The van der Waals surface area contributed by atoms with E-state index >= 15 is 0 Å². The Hall–Kier alpha value is -1.35. The van der Waals surface area contributed by atoms with Crippen LogP contribution in [-0.2, 0) is 11.3 Å². The number of carbonyl (C=O) groups is 1. The molecule has 0 aromatic heterocycles. The van der Waals surface area contributed by atoms with E-state index in [1.165, 1.54) is 25.7 Å². The van der Waals surface area contributed by atoms with Gasteiger partial charge in [0.05, 0.1) is 13.7 Å². The third-order valence-electron chi connectivity index (χ3n) is 3.09. The maximum atomic E-state index is 10.8. The van der Waals surface area contributed by atoms with Gasteiger partial charge >= 0.3 is 0 Å². The Morgan fingerprint density at radius 3 is 2.63 bits per heavy atom. The van der Waals surface area contributed by atoms with Crippen LogP contribution in [0, 0.1) is 0 Å². The first kappa shape index (κ1) is 15.7. The van der Waals surface area contributed by atoms with Crippen molar-refractivity contribution in [3.8, 4) is 5.75 Å². The molecule has 0 fully saturated rings. The van der Waals surface area contributed by atoms with E-state index in [9.17, 15) is 4.79 Å². The lowest BCUT2D eigenvalue weighted by atomic mass is 10.1. The normalized spacial score (nSPS) is 10.4. The largest absolute Gasteiger partial charge is 0.496 e. The fraction of sp³-hybridized carbons (Fsp3) is 0.562. The minimum Gasteiger partial charge on any atom is -0.496 e. The van der Waals surface area contributed by atoms with Gasteiger partial charge in [0.15, 0.2) is 0 Å². The van der Waals surface area contributed by atoms with Gasteiger partial charge in [-0.15, -0.1) is 0 Å². The molecule has 0 saturated carbocycles. The maximum absolute atomic E-state index is 10.8. The highest BCUT2D eigenvalue weighted by atomic mass is 16.5. The third kappa shape index (κ3) is 5.88. The van der Waals surface area contributed by atoms with Crippen LogP contribution in [0.5, 0.6) is 5.75 Å². The van der Waals surface area contributed by atoms with Crippen LogP contribution in [0.1, 0.15) is 54.9 Å². The summed E-state index contributed by atoms with van der Waals surface area (Å²) in [5.74, 6) is 0.775. The van der Waals surface area contributed by atoms with E-state index < -0.39 is 0 Å². The molecule has 1 rings (SSSR count). The Balaban J connectivity index is 2.33. The van der Waals surface area contributed by atoms with Crippen LogP contribution in [0.2, 0.25) is 0 Å². The predicted octanol–water partition coefficient (Wildman–Crippen LogP) is 3.99. The number of benzene rings is 1. The average molecular weight is 264 g/mol. The Labute approximate surface area is 115 Å². The number of ether oxygens (including phenoxy) is 2. The number of methoxy groups -OCH3 is 1. The van der Waals surface area contributed by atoms with Crippen molar-refractivity contribution in [1.29, 1.82) is 0 Å². The number of aldehydes is 1. The summed E-state index contributed by atoms with van der Waals surface area (Å²) < 4.78 is 10.9. The lowest BCUT2D eigenvalue weighted by molar-refractivity contribution is 0.111. The molecule has 1 aromatic rings. The van der Waals surface area contributed by atoms with Crippen LogP contribution < -0.4 is 4.74 Å². The molecule has 0 heterocycles. The molecule has 0 aliphatic carbocycles. The highest BCUT2D eigenvalue weighted by Crippen LogP contribution is 2.20. The van der Waals surface area contributed by atoms with Crippen LogP contribution in [0.15, 0.2) is 18.2 Å². The highest BCUT2D eigenvalue weighted by molar-refractivity contribution is 5.75. The van der Waals surface area contributed by atoms with Gasteiger partial charge in [0.25, 0.3) is 0 Å². The van der Waals surface area contributed by atoms with E-state index in [1.54, 1.807) is 13.2 Å². The topological polar surface area (TPSA) is 35.5 Å². The first-order chi connectivity index (χ1) is 9.31. The zero-order chi connectivity index (χ0) is 13.9. The SMILES string of the molecule is CCCCCCCOCc1cc(C=O)ccc1OC. The molecule has 106 valence electrons. The Morgan fingerprint density at radius 2 is 1.95 bits per heavy atom. The summed E-state index contributed by atoms with van der Waals surface area (Å²) in [6, 6.07) is 5.38. The summed E-state index contributed by atoms with van der Waals surface area (Å²) in [4.78, 5) is 10.8. The molecule has 0 N–H and O–H groups in total. The second kappa shape index (κ2) is 9.56. The van der Waals surface area contributed by atoms with E-state index in [-0.39, 0.29) is 0 Å². The Morgan fingerprint density at radius 1 is 1.16 bits per heavy atom. The number of hydrogen-bond donors (Lipinski definition) is 0. The van der Waals surface area contributed by atoms with Gasteiger partial charge in [0, 0.05) is 17.7 Å². The van der Waals surface area contributed by atoms with E-state index in [2.05, 4.69) is 6.92 Å². The number of rotatable bonds is 10. The Bertz CT molecular complexity index is 374. The molecule has 0 spiro atoms. The quantitative estimate of drug-likeness (QED) is 0.473. The van der Waals surface area contributed by atoms with Crippen molar-refractivity contribution < 1.29 is 14.3 Å². The lowest BCUT2D eigenvalue weighted by Crippen LogP contribution is -1.99. The summed E-state index contributed by atoms with van der Waals surface area (Å²) in [7, 11) is 1.63. The van der Waals surface area contributed by atoms with Crippen LogP contribution in [-0.4, -0.2) is 20.0 Å². The molecule has 1 aromatic carbocycles. The third-order valence-corrected chi connectivity index (χ3v) is 3.09. The standard InChI is InChI=1S/C16H24O3/c1-3-4-5-6-7-10-19-13-15-11-14(12-17)8-9-16(15)18-2/h8-9,11-12H,3-7,10,13H2,1-2H3. The molecule has 0 amide bonds. The molecule has 0 aliphatic heterocycles. The van der Waals surface area contributed by atoms with Gasteiger partial charge in [0.2, 0.25) is 0 Å². The number of hydrogen-bond acceptors (Lipinski definition) is 3. The first-order valence-corrected chi connectivity index (χ1v) is 7.01. The highest BCUT2D eigenvalue weighted by Gasteiger charge is 2.04. The fourth-order valence-corrected chi connectivity index (χ4v) is 1.97. The van der Waals surface area contributed by atoms with Gasteiger partial charge in [-0.1, -0.05) is 32.6 Å². The second-order valence-electron chi connectivity index (χ2n) is 4.66. The second-order valence-corrected chi connectivity index (χ2v) is 4.66. The summed E-state index contributed by atoms with van der Waals surface area (Å²) in [6.45, 7) is 3.47. The van der Waals surface area contributed by atoms with Gasteiger partial charge in [-0.2, -0.15) is 0 Å². The van der Waals surface area contributed by atoms with Crippen molar-refractivity contribution in [2.24, 2.45) is 0 Å². The zero-order valence-electron chi connectivity index (χ0n) is 12.0. The molecule has 0 unspecified atom stereocenters. The van der Waals surface area contributed by atoms with E-state index in [0.717, 1.165) is 30.6 Å². The van der Waals surface area contributed by atoms with Crippen molar-refractivity contribution in [3.05, 3.63) is 29.3 Å². The first-order valence-electron chi connectivity index (χ1n) is 7.01. The number of unbranched alkanes of at least 4 members (excludes halogenated alkanes) is 4. The smallest absolute Gasteiger partial charge is 0.150 e. The van der Waals surface area contributed by atoms with Gasteiger partial charge in [-0.25, -0.2) is 0 Å². The zero-order valence-corrected chi connectivity index (χ0v) is 12.0. The predicted molar refractivity (Wildman–Crippen MR) is 76.8 cm³/mol. The van der Waals surface area contributed by atoms with Crippen LogP contribution in [0.3, 0.4) is 0 Å². The summed E-state index contributed by atoms with van der Waals surface area (Å²) in [5.41, 5.74) is 1.59. The molecule has 0 aliphatic rings. The lowest BCUT2D eigenvalue weighted by Gasteiger charge is -2.09. The van der Waals surface area contributed by atoms with Gasteiger partial charge in [-0.3, -0.25) is 4.79 Å². The molecule has 3 heteroatoms.